The second-order valence-electron chi connectivity index (χ2n) is 3.18. The Morgan fingerprint density at radius 1 is 1.27 bits per heavy atom. The Kier molecular flexibility index (Phi) is 3.93. The molecule has 0 aromatic heterocycles. The number of nitrogens with two attached hydrogens (primary N) is 1. The zero-order valence-corrected chi connectivity index (χ0v) is 7.40. The highest BCUT2D eigenvalue weighted by molar-refractivity contribution is 4.87. The molecule has 0 saturated heterocycles. The molecule has 0 aromatic rings. The van der Waals surface area contributed by atoms with Crippen molar-refractivity contribution in [2.45, 2.75) is 45.6 Å². The number of hydrogen-bond donors (Lipinski definition) is 1. The minimum Gasteiger partial charge on any atom is -0.320 e. The first kappa shape index (κ1) is 10.8. The van der Waals surface area contributed by atoms with Crippen LogP contribution in [0.15, 0.2) is 0 Å². The third-order valence-corrected chi connectivity index (χ3v) is 2.34. The van der Waals surface area contributed by atoms with Crippen LogP contribution in [0.2, 0.25) is 0 Å². The van der Waals surface area contributed by atoms with E-state index < -0.39 is 12.0 Å². The van der Waals surface area contributed by atoms with Gasteiger partial charge in [-0.25, -0.2) is 8.78 Å². The summed E-state index contributed by atoms with van der Waals surface area (Å²) in [5, 5.41) is 0. The van der Waals surface area contributed by atoms with Gasteiger partial charge in [0.15, 0.2) is 0 Å². The Morgan fingerprint density at radius 2 is 1.64 bits per heavy atom. The van der Waals surface area contributed by atoms with Gasteiger partial charge >= 0.3 is 0 Å². The van der Waals surface area contributed by atoms with Crippen molar-refractivity contribution in [2.75, 3.05) is 0 Å². The van der Waals surface area contributed by atoms with Crippen LogP contribution >= 0.6 is 0 Å². The molecular weight excluding hydrogens is 148 g/mol. The molecule has 0 bridgehead atoms. The first-order valence-corrected chi connectivity index (χ1v) is 4.03. The SMILES string of the molecule is CCC(CC)C(C)(N)C(F)F. The van der Waals surface area contributed by atoms with Crippen molar-refractivity contribution in [2.24, 2.45) is 11.7 Å². The normalized spacial score (nSPS) is 17.5. The molecule has 0 fully saturated rings. The van der Waals surface area contributed by atoms with E-state index in [-0.39, 0.29) is 5.92 Å². The Labute approximate surface area is 67.0 Å². The maximum atomic E-state index is 12.3. The molecule has 0 aliphatic heterocycles. The second-order valence-corrected chi connectivity index (χ2v) is 3.18. The first-order valence-electron chi connectivity index (χ1n) is 4.03. The molecule has 0 aromatic carbocycles. The van der Waals surface area contributed by atoms with Crippen molar-refractivity contribution >= 4 is 0 Å². The number of hydrogen-bond acceptors (Lipinski definition) is 1. The Balaban J connectivity index is 4.24. The molecule has 2 N–H and O–H groups in total. The monoisotopic (exact) mass is 165 g/mol. The van der Waals surface area contributed by atoms with Crippen molar-refractivity contribution in [1.82, 2.24) is 0 Å². The topological polar surface area (TPSA) is 26.0 Å². The highest BCUT2D eigenvalue weighted by Gasteiger charge is 2.36. The lowest BCUT2D eigenvalue weighted by molar-refractivity contribution is 0.0260. The molecule has 0 aliphatic carbocycles. The fourth-order valence-electron chi connectivity index (χ4n) is 1.35. The maximum Gasteiger partial charge on any atom is 0.256 e. The summed E-state index contributed by atoms with van der Waals surface area (Å²) < 4.78 is 24.6. The molecule has 1 unspecified atom stereocenters. The van der Waals surface area contributed by atoms with Gasteiger partial charge in [-0.1, -0.05) is 26.7 Å². The van der Waals surface area contributed by atoms with Gasteiger partial charge in [0.2, 0.25) is 0 Å². The molecule has 0 heterocycles. The molecule has 0 aliphatic rings. The van der Waals surface area contributed by atoms with Gasteiger partial charge in [0.05, 0.1) is 5.54 Å². The summed E-state index contributed by atoms with van der Waals surface area (Å²) in [6.45, 7) is 5.21. The minimum absolute atomic E-state index is 0.0810. The van der Waals surface area contributed by atoms with Crippen LogP contribution in [0.4, 0.5) is 8.78 Å². The van der Waals surface area contributed by atoms with E-state index in [9.17, 15) is 8.78 Å². The van der Waals surface area contributed by atoms with Crippen LogP contribution in [0.3, 0.4) is 0 Å². The predicted molar refractivity (Wildman–Crippen MR) is 42.7 cm³/mol. The fraction of sp³-hybridized carbons (Fsp3) is 1.00. The standard InChI is InChI=1S/C8H17F2N/c1-4-6(5-2)8(3,11)7(9)10/h6-7H,4-5,11H2,1-3H3. The average molecular weight is 165 g/mol. The summed E-state index contributed by atoms with van der Waals surface area (Å²) in [4.78, 5) is 0. The third kappa shape index (κ3) is 2.40. The van der Waals surface area contributed by atoms with Crippen molar-refractivity contribution in [1.29, 1.82) is 0 Å². The van der Waals surface area contributed by atoms with Crippen LogP contribution in [-0.4, -0.2) is 12.0 Å². The molecule has 0 rings (SSSR count). The molecule has 1 nitrogen and oxygen atoms in total. The molecule has 0 amide bonds. The highest BCUT2D eigenvalue weighted by Crippen LogP contribution is 2.27. The Hall–Kier alpha value is -0.180. The summed E-state index contributed by atoms with van der Waals surface area (Å²) in [5.41, 5.74) is 4.16. The lowest BCUT2D eigenvalue weighted by atomic mass is 9.83. The van der Waals surface area contributed by atoms with E-state index in [1.807, 2.05) is 13.8 Å². The zero-order chi connectivity index (χ0) is 9.07. The van der Waals surface area contributed by atoms with E-state index >= 15 is 0 Å². The quantitative estimate of drug-likeness (QED) is 0.680. The summed E-state index contributed by atoms with van der Waals surface area (Å²) in [5.74, 6) is -0.0810. The zero-order valence-electron chi connectivity index (χ0n) is 7.40. The van der Waals surface area contributed by atoms with E-state index in [0.717, 1.165) is 0 Å². The Bertz CT molecular complexity index is 109. The van der Waals surface area contributed by atoms with Crippen molar-refractivity contribution in [3.8, 4) is 0 Å². The summed E-state index contributed by atoms with van der Waals surface area (Å²) in [6.07, 6.45) is -0.991. The van der Waals surface area contributed by atoms with Gasteiger partial charge in [0.1, 0.15) is 0 Å². The van der Waals surface area contributed by atoms with E-state index in [4.69, 9.17) is 5.73 Å². The molecule has 68 valence electrons. The van der Waals surface area contributed by atoms with Gasteiger partial charge in [-0.3, -0.25) is 0 Å². The van der Waals surface area contributed by atoms with Crippen molar-refractivity contribution in [3.63, 3.8) is 0 Å². The lowest BCUT2D eigenvalue weighted by Gasteiger charge is -2.31. The number of rotatable bonds is 4. The maximum absolute atomic E-state index is 12.3. The molecular formula is C8H17F2N. The van der Waals surface area contributed by atoms with Crippen molar-refractivity contribution < 1.29 is 8.78 Å². The predicted octanol–water partition coefficient (Wildman–Crippen LogP) is 2.41. The smallest absolute Gasteiger partial charge is 0.256 e. The average Bonchev–Trinajstić information content (AvgIpc) is 1.89. The van der Waals surface area contributed by atoms with Crippen LogP contribution in [0.5, 0.6) is 0 Å². The van der Waals surface area contributed by atoms with Crippen LogP contribution in [0.1, 0.15) is 33.6 Å². The van der Waals surface area contributed by atoms with Crippen LogP contribution in [-0.2, 0) is 0 Å². The summed E-state index contributed by atoms with van der Waals surface area (Å²) in [7, 11) is 0. The van der Waals surface area contributed by atoms with Gasteiger partial charge in [0, 0.05) is 0 Å². The third-order valence-electron chi connectivity index (χ3n) is 2.34. The molecule has 0 spiro atoms. The molecule has 11 heavy (non-hydrogen) atoms. The van der Waals surface area contributed by atoms with Gasteiger partial charge in [-0.15, -0.1) is 0 Å². The fourth-order valence-corrected chi connectivity index (χ4v) is 1.35. The van der Waals surface area contributed by atoms with E-state index in [1.165, 1.54) is 6.92 Å². The molecule has 1 atom stereocenters. The first-order chi connectivity index (χ1) is 4.96. The van der Waals surface area contributed by atoms with Gasteiger partial charge in [-0.05, 0) is 12.8 Å². The number of halogens is 2. The molecule has 0 saturated carbocycles. The lowest BCUT2D eigenvalue weighted by Crippen LogP contribution is -2.50. The van der Waals surface area contributed by atoms with E-state index in [2.05, 4.69) is 0 Å². The van der Waals surface area contributed by atoms with Crippen LogP contribution in [0.25, 0.3) is 0 Å². The van der Waals surface area contributed by atoms with Gasteiger partial charge in [-0.2, -0.15) is 0 Å². The molecule has 0 radical (unpaired) electrons. The van der Waals surface area contributed by atoms with E-state index in [1.54, 1.807) is 0 Å². The van der Waals surface area contributed by atoms with E-state index in [0.29, 0.717) is 12.8 Å². The number of alkyl halides is 2. The summed E-state index contributed by atoms with van der Waals surface area (Å²) >= 11 is 0. The molecule has 3 heteroatoms. The second kappa shape index (κ2) is 4.00. The minimum atomic E-state index is -2.42. The van der Waals surface area contributed by atoms with Crippen molar-refractivity contribution in [3.05, 3.63) is 0 Å². The largest absolute Gasteiger partial charge is 0.320 e. The van der Waals surface area contributed by atoms with Crippen LogP contribution < -0.4 is 5.73 Å². The van der Waals surface area contributed by atoms with Crippen LogP contribution in [0, 0.1) is 5.92 Å². The summed E-state index contributed by atoms with van der Waals surface area (Å²) in [6, 6.07) is 0. The highest BCUT2D eigenvalue weighted by atomic mass is 19.3. The van der Waals surface area contributed by atoms with Gasteiger partial charge in [0.25, 0.3) is 6.43 Å². The Morgan fingerprint density at radius 3 is 1.73 bits per heavy atom. The van der Waals surface area contributed by atoms with Gasteiger partial charge < -0.3 is 5.73 Å².